The number of anilines is 2. The fourth-order valence-electron chi connectivity index (χ4n) is 3.05. The molecular weight excluding hydrogens is 298 g/mol. The lowest BCUT2D eigenvalue weighted by Crippen LogP contribution is -2.29. The topological polar surface area (TPSA) is 56.1 Å². The van der Waals surface area contributed by atoms with Crippen molar-refractivity contribution in [2.45, 2.75) is 25.7 Å². The number of para-hydroxylation sites is 1. The van der Waals surface area contributed by atoms with Crippen molar-refractivity contribution >= 4 is 17.3 Å². The van der Waals surface area contributed by atoms with Crippen molar-refractivity contribution in [3.8, 4) is 6.07 Å². The van der Waals surface area contributed by atoms with Gasteiger partial charge < -0.3 is 10.2 Å². The Morgan fingerprint density at radius 3 is 2.46 bits per heavy atom. The molecule has 1 aliphatic rings. The van der Waals surface area contributed by atoms with E-state index < -0.39 is 0 Å². The van der Waals surface area contributed by atoms with Crippen LogP contribution in [-0.4, -0.2) is 19.0 Å². The average Bonchev–Trinajstić information content (AvgIpc) is 2.63. The van der Waals surface area contributed by atoms with Gasteiger partial charge in [0.05, 0.1) is 17.7 Å². The Morgan fingerprint density at radius 2 is 1.75 bits per heavy atom. The lowest BCUT2D eigenvalue weighted by Gasteiger charge is -2.28. The molecule has 0 atom stereocenters. The predicted molar refractivity (Wildman–Crippen MR) is 96.0 cm³/mol. The van der Waals surface area contributed by atoms with Gasteiger partial charge in [0, 0.05) is 18.8 Å². The number of benzene rings is 2. The van der Waals surface area contributed by atoms with Crippen LogP contribution in [0.2, 0.25) is 0 Å². The van der Waals surface area contributed by atoms with Crippen molar-refractivity contribution in [3.05, 3.63) is 59.7 Å². The minimum atomic E-state index is -0.108. The van der Waals surface area contributed by atoms with Gasteiger partial charge in [-0.1, -0.05) is 24.3 Å². The third-order valence-corrected chi connectivity index (χ3v) is 4.34. The smallest absolute Gasteiger partial charge is 0.228 e. The van der Waals surface area contributed by atoms with Crippen LogP contribution in [0, 0.1) is 11.3 Å². The Kier molecular flexibility index (Phi) is 5.12. The van der Waals surface area contributed by atoms with Crippen molar-refractivity contribution in [2.75, 3.05) is 23.3 Å². The Morgan fingerprint density at radius 1 is 1.04 bits per heavy atom. The van der Waals surface area contributed by atoms with E-state index >= 15 is 0 Å². The van der Waals surface area contributed by atoms with Gasteiger partial charge in [0.15, 0.2) is 0 Å². The van der Waals surface area contributed by atoms with Gasteiger partial charge >= 0.3 is 0 Å². The molecule has 0 aromatic heterocycles. The molecule has 4 heteroatoms. The maximum Gasteiger partial charge on any atom is 0.228 e. The molecule has 1 heterocycles. The van der Waals surface area contributed by atoms with Gasteiger partial charge in [0.25, 0.3) is 0 Å². The van der Waals surface area contributed by atoms with Gasteiger partial charge in [-0.25, -0.2) is 0 Å². The summed E-state index contributed by atoms with van der Waals surface area (Å²) in [6.07, 6.45) is 4.13. The number of amides is 1. The van der Waals surface area contributed by atoms with E-state index in [1.807, 2.05) is 18.2 Å². The van der Waals surface area contributed by atoms with E-state index in [-0.39, 0.29) is 5.91 Å². The molecule has 24 heavy (non-hydrogen) atoms. The number of nitriles is 1. The number of piperidine rings is 1. The van der Waals surface area contributed by atoms with E-state index in [1.54, 1.807) is 18.2 Å². The number of carbonyl (C=O) groups excluding carboxylic acids is 1. The summed E-state index contributed by atoms with van der Waals surface area (Å²) in [5.41, 5.74) is 3.25. The molecule has 0 aliphatic carbocycles. The van der Waals surface area contributed by atoms with Crippen LogP contribution in [0.25, 0.3) is 0 Å². The van der Waals surface area contributed by atoms with Crippen LogP contribution < -0.4 is 10.2 Å². The second-order valence-corrected chi connectivity index (χ2v) is 6.10. The van der Waals surface area contributed by atoms with Crippen LogP contribution in [0.5, 0.6) is 0 Å². The summed E-state index contributed by atoms with van der Waals surface area (Å²) in [7, 11) is 0. The zero-order valence-electron chi connectivity index (χ0n) is 13.7. The second-order valence-electron chi connectivity index (χ2n) is 6.10. The van der Waals surface area contributed by atoms with Crippen molar-refractivity contribution in [1.82, 2.24) is 0 Å². The quantitative estimate of drug-likeness (QED) is 0.934. The van der Waals surface area contributed by atoms with E-state index in [9.17, 15) is 4.79 Å². The standard InChI is InChI=1S/C20H21N3O/c21-15-17-6-2-3-7-19(17)22-20(24)14-16-8-10-18(11-9-16)23-12-4-1-5-13-23/h2-3,6-11H,1,4-5,12-14H2,(H,22,24). The monoisotopic (exact) mass is 319 g/mol. The van der Waals surface area contributed by atoms with Crippen molar-refractivity contribution in [3.63, 3.8) is 0 Å². The van der Waals surface area contributed by atoms with Gasteiger partial charge in [-0.05, 0) is 49.1 Å². The van der Waals surface area contributed by atoms with E-state index in [2.05, 4.69) is 28.4 Å². The fraction of sp³-hybridized carbons (Fsp3) is 0.300. The van der Waals surface area contributed by atoms with Crippen LogP contribution in [0.3, 0.4) is 0 Å². The number of rotatable bonds is 4. The molecule has 1 fully saturated rings. The maximum atomic E-state index is 12.2. The van der Waals surface area contributed by atoms with Crippen LogP contribution >= 0.6 is 0 Å². The minimum Gasteiger partial charge on any atom is -0.372 e. The van der Waals surface area contributed by atoms with Gasteiger partial charge in [0.1, 0.15) is 6.07 Å². The molecule has 0 unspecified atom stereocenters. The lowest BCUT2D eigenvalue weighted by molar-refractivity contribution is -0.115. The van der Waals surface area contributed by atoms with Crippen LogP contribution in [0.1, 0.15) is 30.4 Å². The first-order valence-electron chi connectivity index (χ1n) is 8.39. The molecule has 122 valence electrons. The molecule has 2 aromatic rings. The van der Waals surface area contributed by atoms with Crippen molar-refractivity contribution in [1.29, 1.82) is 5.26 Å². The number of carbonyl (C=O) groups is 1. The zero-order valence-corrected chi connectivity index (χ0v) is 13.7. The normalized spacial score (nSPS) is 14.0. The molecule has 3 rings (SSSR count). The maximum absolute atomic E-state index is 12.2. The highest BCUT2D eigenvalue weighted by Gasteiger charge is 2.11. The first kappa shape index (κ1) is 16.1. The largest absolute Gasteiger partial charge is 0.372 e. The molecule has 0 saturated carbocycles. The molecule has 1 N–H and O–H groups in total. The molecule has 0 spiro atoms. The summed E-state index contributed by atoms with van der Waals surface area (Å²) in [6.45, 7) is 2.23. The highest BCUT2D eigenvalue weighted by atomic mass is 16.1. The average molecular weight is 319 g/mol. The fourth-order valence-corrected chi connectivity index (χ4v) is 3.05. The van der Waals surface area contributed by atoms with E-state index in [0.717, 1.165) is 18.7 Å². The lowest BCUT2D eigenvalue weighted by atomic mass is 10.1. The Bertz CT molecular complexity index is 740. The van der Waals surface area contributed by atoms with E-state index in [4.69, 9.17) is 5.26 Å². The Balaban J connectivity index is 1.61. The number of hydrogen-bond donors (Lipinski definition) is 1. The highest BCUT2D eigenvalue weighted by molar-refractivity contribution is 5.93. The second kappa shape index (κ2) is 7.65. The molecule has 4 nitrogen and oxygen atoms in total. The molecule has 1 amide bonds. The summed E-state index contributed by atoms with van der Waals surface area (Å²) in [6, 6.07) is 17.3. The Hall–Kier alpha value is -2.80. The third kappa shape index (κ3) is 3.94. The van der Waals surface area contributed by atoms with Gasteiger partial charge in [-0.15, -0.1) is 0 Å². The van der Waals surface area contributed by atoms with Crippen molar-refractivity contribution < 1.29 is 4.79 Å². The minimum absolute atomic E-state index is 0.108. The van der Waals surface area contributed by atoms with E-state index in [0.29, 0.717) is 17.7 Å². The predicted octanol–water partition coefficient (Wildman–Crippen LogP) is 3.73. The molecule has 1 aliphatic heterocycles. The molecule has 0 bridgehead atoms. The zero-order chi connectivity index (χ0) is 16.8. The van der Waals surface area contributed by atoms with Crippen LogP contribution in [0.15, 0.2) is 48.5 Å². The Labute approximate surface area is 142 Å². The number of nitrogens with zero attached hydrogens (tertiary/aromatic N) is 2. The molecule has 2 aromatic carbocycles. The first-order valence-corrected chi connectivity index (χ1v) is 8.39. The summed E-state index contributed by atoms with van der Waals surface area (Å²) in [5.74, 6) is -0.108. The summed E-state index contributed by atoms with van der Waals surface area (Å²) in [4.78, 5) is 14.6. The number of hydrogen-bond acceptors (Lipinski definition) is 3. The van der Waals surface area contributed by atoms with Gasteiger partial charge in [0.2, 0.25) is 5.91 Å². The van der Waals surface area contributed by atoms with Crippen molar-refractivity contribution in [2.24, 2.45) is 0 Å². The van der Waals surface area contributed by atoms with Gasteiger partial charge in [-0.3, -0.25) is 4.79 Å². The van der Waals surface area contributed by atoms with Gasteiger partial charge in [-0.2, -0.15) is 5.26 Å². The first-order chi connectivity index (χ1) is 11.8. The summed E-state index contributed by atoms with van der Waals surface area (Å²) >= 11 is 0. The molecule has 1 saturated heterocycles. The third-order valence-electron chi connectivity index (χ3n) is 4.34. The van der Waals surface area contributed by atoms with Crippen LogP contribution in [0.4, 0.5) is 11.4 Å². The molecular formula is C20H21N3O. The highest BCUT2D eigenvalue weighted by Crippen LogP contribution is 2.20. The summed E-state index contributed by atoms with van der Waals surface area (Å²) < 4.78 is 0. The molecule has 0 radical (unpaired) electrons. The van der Waals surface area contributed by atoms with Crippen LogP contribution in [-0.2, 0) is 11.2 Å². The SMILES string of the molecule is N#Cc1ccccc1NC(=O)Cc1ccc(N2CCCCC2)cc1. The summed E-state index contributed by atoms with van der Waals surface area (Å²) in [5, 5.41) is 11.9. The van der Waals surface area contributed by atoms with E-state index in [1.165, 1.54) is 24.9 Å². The number of nitrogens with one attached hydrogen (secondary N) is 1.